The molecule has 0 saturated heterocycles. The van der Waals surface area contributed by atoms with Crippen LogP contribution in [0.3, 0.4) is 0 Å². The van der Waals surface area contributed by atoms with Crippen molar-refractivity contribution in [3.63, 3.8) is 0 Å². The zero-order valence-electron chi connectivity index (χ0n) is 8.75. The minimum absolute atomic E-state index is 0.164. The molecule has 0 unspecified atom stereocenters. The smallest absolute Gasteiger partial charge is 0.294 e. The van der Waals surface area contributed by atoms with Gasteiger partial charge in [0.25, 0.3) is 15.8 Å². The number of nitro groups is 1. The van der Waals surface area contributed by atoms with Gasteiger partial charge >= 0.3 is 0 Å². The molecule has 90 valence electrons. The van der Waals surface area contributed by atoms with Crippen LogP contribution < -0.4 is 5.73 Å². The summed E-state index contributed by atoms with van der Waals surface area (Å²) in [6.07, 6.45) is 0. The van der Waals surface area contributed by atoms with Crippen molar-refractivity contribution in [2.24, 2.45) is 0 Å². The van der Waals surface area contributed by atoms with E-state index in [1.165, 1.54) is 0 Å². The summed E-state index contributed by atoms with van der Waals surface area (Å²) in [4.78, 5) is 8.96. The Morgan fingerprint density at radius 3 is 2.25 bits per heavy atom. The second-order valence-corrected chi connectivity index (χ2v) is 3.87. The molecule has 1 aromatic rings. The van der Waals surface area contributed by atoms with E-state index in [9.17, 15) is 18.5 Å². The lowest BCUT2D eigenvalue weighted by atomic mass is 10.3. The Morgan fingerprint density at radius 2 is 1.88 bits per heavy atom. The fourth-order valence-electron chi connectivity index (χ4n) is 0.842. The van der Waals surface area contributed by atoms with Gasteiger partial charge in [-0.2, -0.15) is 8.42 Å². The standard InChI is InChI=1S/C6H6N2O5S.C2H6/c7-5-2-1-4(14(11,12)13)3-6(5)8(9)10;1-2/h1-3H,7H2,(H,11,12,13);1-2H3. The van der Waals surface area contributed by atoms with Gasteiger partial charge in [-0.3, -0.25) is 14.7 Å². The van der Waals surface area contributed by atoms with Gasteiger partial charge < -0.3 is 5.73 Å². The summed E-state index contributed by atoms with van der Waals surface area (Å²) in [5.74, 6) is 0. The number of anilines is 1. The van der Waals surface area contributed by atoms with Crippen molar-refractivity contribution in [2.45, 2.75) is 18.7 Å². The average molecular weight is 248 g/mol. The van der Waals surface area contributed by atoms with Gasteiger partial charge in [0, 0.05) is 6.07 Å². The molecule has 0 saturated carbocycles. The number of nitrogens with zero attached hydrogens (tertiary/aromatic N) is 1. The van der Waals surface area contributed by atoms with Crippen molar-refractivity contribution in [3.8, 4) is 0 Å². The fourth-order valence-corrected chi connectivity index (χ4v) is 1.34. The molecule has 0 aliphatic carbocycles. The lowest BCUT2D eigenvalue weighted by Gasteiger charge is -1.99. The lowest BCUT2D eigenvalue weighted by Crippen LogP contribution is -2.01. The predicted molar refractivity (Wildman–Crippen MR) is 58.7 cm³/mol. The topological polar surface area (TPSA) is 124 Å². The molecule has 0 spiro atoms. The molecule has 3 N–H and O–H groups in total. The largest absolute Gasteiger partial charge is 0.393 e. The van der Waals surface area contributed by atoms with Crippen molar-refractivity contribution in [1.29, 1.82) is 0 Å². The maximum absolute atomic E-state index is 10.6. The van der Waals surface area contributed by atoms with E-state index in [0.29, 0.717) is 6.07 Å². The average Bonchev–Trinajstić information content (AvgIpc) is 2.19. The van der Waals surface area contributed by atoms with Crippen LogP contribution in [0.25, 0.3) is 0 Å². The first kappa shape index (κ1) is 14.3. The number of nitro benzene ring substituents is 1. The van der Waals surface area contributed by atoms with Crippen molar-refractivity contribution in [1.82, 2.24) is 0 Å². The number of nitrogens with two attached hydrogens (primary N) is 1. The summed E-state index contributed by atoms with van der Waals surface area (Å²) in [5.41, 5.74) is 4.50. The predicted octanol–water partition coefficient (Wildman–Crippen LogP) is 1.45. The molecular weight excluding hydrogens is 236 g/mol. The second kappa shape index (κ2) is 5.42. The lowest BCUT2D eigenvalue weighted by molar-refractivity contribution is -0.384. The minimum Gasteiger partial charge on any atom is -0.393 e. The first-order valence-corrected chi connectivity index (χ1v) is 5.78. The SMILES string of the molecule is CC.Nc1ccc(S(=O)(=O)O)cc1[N+](=O)[O-]. The first-order valence-electron chi connectivity index (χ1n) is 4.34. The van der Waals surface area contributed by atoms with E-state index in [1.54, 1.807) is 0 Å². The quantitative estimate of drug-likeness (QED) is 0.353. The molecule has 8 heteroatoms. The van der Waals surface area contributed by atoms with Crippen molar-refractivity contribution in [2.75, 3.05) is 5.73 Å². The number of hydrogen-bond acceptors (Lipinski definition) is 5. The minimum atomic E-state index is -4.44. The molecule has 7 nitrogen and oxygen atoms in total. The first-order chi connectivity index (χ1) is 7.32. The van der Waals surface area contributed by atoms with Crippen LogP contribution >= 0.6 is 0 Å². The third kappa shape index (κ3) is 3.48. The highest BCUT2D eigenvalue weighted by Gasteiger charge is 2.17. The summed E-state index contributed by atoms with van der Waals surface area (Å²) >= 11 is 0. The number of rotatable bonds is 2. The van der Waals surface area contributed by atoms with Gasteiger partial charge in [0.2, 0.25) is 0 Å². The van der Waals surface area contributed by atoms with Crippen LogP contribution in [0.4, 0.5) is 11.4 Å². The highest BCUT2D eigenvalue weighted by atomic mass is 32.2. The van der Waals surface area contributed by atoms with Crippen LogP contribution in [0.1, 0.15) is 13.8 Å². The van der Waals surface area contributed by atoms with Crippen LogP contribution in [0, 0.1) is 10.1 Å². The van der Waals surface area contributed by atoms with E-state index in [0.717, 1.165) is 12.1 Å². The van der Waals surface area contributed by atoms with Gasteiger partial charge in [0.1, 0.15) is 10.6 Å². The molecule has 0 heterocycles. The molecule has 0 aliphatic heterocycles. The Kier molecular flexibility index (Phi) is 4.86. The third-order valence-electron chi connectivity index (χ3n) is 1.50. The van der Waals surface area contributed by atoms with Gasteiger partial charge in [0.15, 0.2) is 0 Å². The Morgan fingerprint density at radius 1 is 1.38 bits per heavy atom. The molecule has 1 aromatic carbocycles. The van der Waals surface area contributed by atoms with Gasteiger partial charge in [0.05, 0.1) is 4.92 Å². The van der Waals surface area contributed by atoms with E-state index >= 15 is 0 Å². The van der Waals surface area contributed by atoms with Gasteiger partial charge in [-0.05, 0) is 12.1 Å². The monoisotopic (exact) mass is 248 g/mol. The summed E-state index contributed by atoms with van der Waals surface area (Å²) < 4.78 is 29.8. The van der Waals surface area contributed by atoms with Crippen LogP contribution in [0.5, 0.6) is 0 Å². The molecule has 0 amide bonds. The van der Waals surface area contributed by atoms with Crippen LogP contribution in [0.2, 0.25) is 0 Å². The normalized spacial score (nSPS) is 10.2. The maximum atomic E-state index is 10.6. The number of nitrogen functional groups attached to an aromatic ring is 1. The highest BCUT2D eigenvalue weighted by Crippen LogP contribution is 2.24. The van der Waals surface area contributed by atoms with E-state index in [1.807, 2.05) is 13.8 Å². The summed E-state index contributed by atoms with van der Waals surface area (Å²) in [6, 6.07) is 2.73. The van der Waals surface area contributed by atoms with Crippen LogP contribution in [0.15, 0.2) is 23.1 Å². The van der Waals surface area contributed by atoms with Crippen LogP contribution in [-0.2, 0) is 10.1 Å². The zero-order chi connectivity index (χ0) is 12.9. The number of hydrogen-bond donors (Lipinski definition) is 2. The fraction of sp³-hybridized carbons (Fsp3) is 0.250. The molecule has 0 bridgehead atoms. The number of benzene rings is 1. The molecule has 16 heavy (non-hydrogen) atoms. The molecule has 0 aromatic heterocycles. The Hall–Kier alpha value is -1.67. The van der Waals surface area contributed by atoms with Crippen LogP contribution in [-0.4, -0.2) is 17.9 Å². The van der Waals surface area contributed by atoms with E-state index < -0.39 is 25.6 Å². The Balaban J connectivity index is 0.00000106. The van der Waals surface area contributed by atoms with Crippen molar-refractivity contribution in [3.05, 3.63) is 28.3 Å². The molecule has 0 atom stereocenters. The zero-order valence-corrected chi connectivity index (χ0v) is 9.56. The third-order valence-corrected chi connectivity index (χ3v) is 2.35. The second-order valence-electron chi connectivity index (χ2n) is 2.45. The van der Waals surface area contributed by atoms with Gasteiger partial charge in [-0.1, -0.05) is 13.8 Å². The van der Waals surface area contributed by atoms with Gasteiger partial charge in [-0.25, -0.2) is 0 Å². The van der Waals surface area contributed by atoms with E-state index in [4.69, 9.17) is 10.3 Å². The molecule has 0 radical (unpaired) electrons. The van der Waals surface area contributed by atoms with Crippen molar-refractivity contribution < 1.29 is 17.9 Å². The Labute approximate surface area is 92.8 Å². The van der Waals surface area contributed by atoms with Crippen molar-refractivity contribution >= 4 is 21.5 Å². The maximum Gasteiger partial charge on any atom is 0.294 e. The Bertz CT molecular complexity index is 483. The molecular formula is C8H12N2O5S. The van der Waals surface area contributed by atoms with E-state index in [-0.39, 0.29) is 5.69 Å². The summed E-state index contributed by atoms with van der Waals surface area (Å²) in [7, 11) is -4.44. The summed E-state index contributed by atoms with van der Waals surface area (Å²) in [6.45, 7) is 4.00. The van der Waals surface area contributed by atoms with Gasteiger partial charge in [-0.15, -0.1) is 0 Å². The highest BCUT2D eigenvalue weighted by molar-refractivity contribution is 7.85. The molecule has 0 aliphatic rings. The molecule has 1 rings (SSSR count). The summed E-state index contributed by atoms with van der Waals surface area (Å²) in [5, 5.41) is 10.4. The van der Waals surface area contributed by atoms with E-state index in [2.05, 4.69) is 0 Å². The molecule has 0 fully saturated rings.